The maximum absolute atomic E-state index is 5.87. The van der Waals surface area contributed by atoms with Crippen molar-refractivity contribution in [2.75, 3.05) is 6.61 Å². The predicted octanol–water partition coefficient (Wildman–Crippen LogP) is 5.25. The summed E-state index contributed by atoms with van der Waals surface area (Å²) >= 11 is 0. The third-order valence-electron chi connectivity index (χ3n) is 3.64. The first-order chi connectivity index (χ1) is 8.33. The number of hydrogen-bond acceptors (Lipinski definition) is 1. The van der Waals surface area contributed by atoms with Gasteiger partial charge in [0.1, 0.15) is 0 Å². The maximum atomic E-state index is 5.87. The van der Waals surface area contributed by atoms with Gasteiger partial charge in [0.25, 0.3) is 0 Å². The molecule has 0 aliphatic carbocycles. The van der Waals surface area contributed by atoms with E-state index in [4.69, 9.17) is 4.74 Å². The smallest absolute Gasteiger partial charge is 0.0612 e. The van der Waals surface area contributed by atoms with E-state index in [1.54, 1.807) is 0 Å². The van der Waals surface area contributed by atoms with E-state index in [1.165, 1.54) is 56.9 Å². The Hall–Kier alpha value is -0.300. The van der Waals surface area contributed by atoms with Crippen molar-refractivity contribution in [1.29, 1.82) is 0 Å². The standard InChI is InChI=1S/C16H30O/c1-3-4-5-6-7-8-9-12-16-14-15(2)11-10-13-17-16/h11,16H,3-10,12-14H2,1-2H3. The van der Waals surface area contributed by atoms with E-state index in [1.807, 2.05) is 0 Å². The summed E-state index contributed by atoms with van der Waals surface area (Å²) in [7, 11) is 0. The minimum absolute atomic E-state index is 0.504. The van der Waals surface area contributed by atoms with Gasteiger partial charge in [-0.2, -0.15) is 0 Å². The van der Waals surface area contributed by atoms with Crippen molar-refractivity contribution in [1.82, 2.24) is 0 Å². The Kier molecular flexibility index (Phi) is 8.42. The van der Waals surface area contributed by atoms with Crippen LogP contribution in [-0.2, 0) is 4.74 Å². The fourth-order valence-electron chi connectivity index (χ4n) is 2.56. The Bertz CT molecular complexity index is 208. The van der Waals surface area contributed by atoms with E-state index in [9.17, 15) is 0 Å². The Balaban J connectivity index is 1.96. The van der Waals surface area contributed by atoms with Gasteiger partial charge in [0.2, 0.25) is 0 Å². The summed E-state index contributed by atoms with van der Waals surface area (Å²) in [6, 6.07) is 0. The molecule has 0 aromatic heterocycles. The van der Waals surface area contributed by atoms with Crippen molar-refractivity contribution in [2.24, 2.45) is 0 Å². The van der Waals surface area contributed by atoms with Crippen molar-refractivity contribution in [3.05, 3.63) is 11.6 Å². The summed E-state index contributed by atoms with van der Waals surface area (Å²) in [5, 5.41) is 0. The number of rotatable bonds is 8. The summed E-state index contributed by atoms with van der Waals surface area (Å²) in [6.45, 7) is 5.45. The lowest BCUT2D eigenvalue weighted by Gasteiger charge is -2.15. The first-order valence-corrected chi connectivity index (χ1v) is 7.60. The van der Waals surface area contributed by atoms with Gasteiger partial charge in [-0.1, -0.05) is 63.5 Å². The normalized spacial score (nSPS) is 21.1. The molecule has 1 rings (SSSR count). The topological polar surface area (TPSA) is 9.23 Å². The SMILES string of the molecule is CCCCCCCCCC1CC(C)=CCCO1. The fourth-order valence-corrected chi connectivity index (χ4v) is 2.56. The third kappa shape index (κ3) is 7.59. The van der Waals surface area contributed by atoms with Crippen LogP contribution in [0.2, 0.25) is 0 Å². The molecular weight excluding hydrogens is 208 g/mol. The minimum Gasteiger partial charge on any atom is -0.378 e. The van der Waals surface area contributed by atoms with Crippen LogP contribution in [0.3, 0.4) is 0 Å². The Morgan fingerprint density at radius 1 is 1.12 bits per heavy atom. The van der Waals surface area contributed by atoms with E-state index in [2.05, 4.69) is 19.9 Å². The van der Waals surface area contributed by atoms with Gasteiger partial charge in [-0.15, -0.1) is 0 Å². The first-order valence-electron chi connectivity index (χ1n) is 7.60. The van der Waals surface area contributed by atoms with E-state index in [0.717, 1.165) is 19.4 Å². The number of ether oxygens (including phenoxy) is 1. The molecule has 1 heterocycles. The predicted molar refractivity (Wildman–Crippen MR) is 75.3 cm³/mol. The van der Waals surface area contributed by atoms with Gasteiger partial charge in [0, 0.05) is 0 Å². The van der Waals surface area contributed by atoms with Crippen molar-refractivity contribution < 1.29 is 4.74 Å². The molecule has 17 heavy (non-hydrogen) atoms. The second-order valence-electron chi connectivity index (χ2n) is 5.45. The van der Waals surface area contributed by atoms with Crippen LogP contribution in [0.15, 0.2) is 11.6 Å². The van der Waals surface area contributed by atoms with Gasteiger partial charge in [-0.05, 0) is 26.2 Å². The molecule has 1 aliphatic heterocycles. The van der Waals surface area contributed by atoms with Crippen LogP contribution in [0.4, 0.5) is 0 Å². The van der Waals surface area contributed by atoms with Crippen molar-refractivity contribution >= 4 is 0 Å². The van der Waals surface area contributed by atoms with Crippen LogP contribution in [0.5, 0.6) is 0 Å². The molecule has 0 aromatic rings. The molecule has 1 unspecified atom stereocenters. The van der Waals surface area contributed by atoms with Gasteiger partial charge in [0.05, 0.1) is 12.7 Å². The van der Waals surface area contributed by atoms with Gasteiger partial charge in [0.15, 0.2) is 0 Å². The van der Waals surface area contributed by atoms with Gasteiger partial charge in [-0.3, -0.25) is 0 Å². The fraction of sp³-hybridized carbons (Fsp3) is 0.875. The zero-order valence-electron chi connectivity index (χ0n) is 11.8. The quantitative estimate of drug-likeness (QED) is 0.414. The lowest BCUT2D eigenvalue weighted by Crippen LogP contribution is -2.12. The maximum Gasteiger partial charge on any atom is 0.0612 e. The zero-order valence-corrected chi connectivity index (χ0v) is 11.8. The zero-order chi connectivity index (χ0) is 12.3. The van der Waals surface area contributed by atoms with Crippen molar-refractivity contribution in [3.63, 3.8) is 0 Å². The first kappa shape index (κ1) is 14.8. The third-order valence-corrected chi connectivity index (χ3v) is 3.64. The highest BCUT2D eigenvalue weighted by atomic mass is 16.5. The van der Waals surface area contributed by atoms with Crippen LogP contribution in [0, 0.1) is 0 Å². The second kappa shape index (κ2) is 9.70. The summed E-state index contributed by atoms with van der Waals surface area (Å²) in [6.07, 6.45) is 16.2. The molecule has 1 aliphatic rings. The van der Waals surface area contributed by atoms with Gasteiger partial charge >= 0.3 is 0 Å². The van der Waals surface area contributed by atoms with E-state index in [-0.39, 0.29) is 0 Å². The Morgan fingerprint density at radius 2 is 1.82 bits per heavy atom. The van der Waals surface area contributed by atoms with Crippen LogP contribution in [0.1, 0.15) is 78.1 Å². The molecule has 0 bridgehead atoms. The molecule has 100 valence electrons. The average Bonchev–Trinajstić information content (AvgIpc) is 2.52. The molecule has 1 atom stereocenters. The highest BCUT2D eigenvalue weighted by Crippen LogP contribution is 2.19. The van der Waals surface area contributed by atoms with Crippen LogP contribution in [0.25, 0.3) is 0 Å². The molecular formula is C16H30O. The summed E-state index contributed by atoms with van der Waals surface area (Å²) in [5.41, 5.74) is 1.52. The molecule has 0 amide bonds. The molecule has 0 saturated heterocycles. The van der Waals surface area contributed by atoms with Crippen LogP contribution < -0.4 is 0 Å². The van der Waals surface area contributed by atoms with E-state index in [0.29, 0.717) is 6.10 Å². The molecule has 0 spiro atoms. The summed E-state index contributed by atoms with van der Waals surface area (Å²) < 4.78 is 5.87. The Morgan fingerprint density at radius 3 is 2.59 bits per heavy atom. The molecule has 1 nitrogen and oxygen atoms in total. The highest BCUT2D eigenvalue weighted by Gasteiger charge is 2.11. The van der Waals surface area contributed by atoms with E-state index < -0.39 is 0 Å². The van der Waals surface area contributed by atoms with Crippen molar-refractivity contribution in [2.45, 2.75) is 84.2 Å². The van der Waals surface area contributed by atoms with E-state index >= 15 is 0 Å². The lowest BCUT2D eigenvalue weighted by atomic mass is 10.0. The molecule has 0 radical (unpaired) electrons. The summed E-state index contributed by atoms with van der Waals surface area (Å²) in [4.78, 5) is 0. The number of unbranched alkanes of at least 4 members (excludes halogenated alkanes) is 6. The molecule has 0 saturated carbocycles. The average molecular weight is 238 g/mol. The minimum atomic E-state index is 0.504. The molecule has 0 fully saturated rings. The monoisotopic (exact) mass is 238 g/mol. The number of hydrogen-bond donors (Lipinski definition) is 0. The van der Waals surface area contributed by atoms with Crippen LogP contribution >= 0.6 is 0 Å². The summed E-state index contributed by atoms with van der Waals surface area (Å²) in [5.74, 6) is 0. The molecule has 0 aromatic carbocycles. The van der Waals surface area contributed by atoms with Gasteiger partial charge < -0.3 is 4.74 Å². The van der Waals surface area contributed by atoms with Crippen LogP contribution in [-0.4, -0.2) is 12.7 Å². The molecule has 0 N–H and O–H groups in total. The lowest BCUT2D eigenvalue weighted by molar-refractivity contribution is 0.0534. The molecule has 1 heteroatoms. The highest BCUT2D eigenvalue weighted by molar-refractivity contribution is 5.01. The van der Waals surface area contributed by atoms with Crippen molar-refractivity contribution in [3.8, 4) is 0 Å². The Labute approximate surface area is 108 Å². The van der Waals surface area contributed by atoms with Gasteiger partial charge in [-0.25, -0.2) is 0 Å². The second-order valence-corrected chi connectivity index (χ2v) is 5.45. The largest absolute Gasteiger partial charge is 0.378 e.